The van der Waals surface area contributed by atoms with E-state index in [0.717, 1.165) is 5.69 Å². The summed E-state index contributed by atoms with van der Waals surface area (Å²) < 4.78 is 19.5. The Labute approximate surface area is 137 Å². The van der Waals surface area contributed by atoms with Crippen molar-refractivity contribution < 1.29 is 18.7 Å². The number of nitrogens with zero attached hydrogens (tertiary/aromatic N) is 2. The van der Waals surface area contributed by atoms with Crippen LogP contribution in [0.2, 0.25) is 0 Å². The van der Waals surface area contributed by atoms with Gasteiger partial charge < -0.3 is 15.0 Å². The Bertz CT molecular complexity index is 789. The topological polar surface area (TPSA) is 87.3 Å². The number of H-pyrrole nitrogens is 1. The molecule has 1 aromatic heterocycles. The van der Waals surface area contributed by atoms with Gasteiger partial charge in [0, 0.05) is 13.1 Å². The van der Waals surface area contributed by atoms with Gasteiger partial charge in [-0.15, -0.1) is 0 Å². The lowest BCUT2D eigenvalue weighted by Gasteiger charge is -2.14. The highest BCUT2D eigenvalue weighted by molar-refractivity contribution is 5.90. The van der Waals surface area contributed by atoms with Gasteiger partial charge in [-0.25, -0.2) is 14.2 Å². The second-order valence-electron chi connectivity index (χ2n) is 5.61. The van der Waals surface area contributed by atoms with Crippen LogP contribution in [0.1, 0.15) is 12.6 Å². The third-order valence-electron chi connectivity index (χ3n) is 3.68. The molecule has 1 aliphatic rings. The predicted octanol–water partition coefficient (Wildman–Crippen LogP) is 1.99. The average Bonchev–Trinajstić information content (AvgIpc) is 3.11. The first-order valence-corrected chi connectivity index (χ1v) is 7.48. The third-order valence-corrected chi connectivity index (χ3v) is 3.68. The van der Waals surface area contributed by atoms with E-state index in [2.05, 4.69) is 15.3 Å². The highest BCUT2D eigenvalue weighted by Gasteiger charge is 2.32. The minimum Gasteiger partial charge on any atom is -0.442 e. The van der Waals surface area contributed by atoms with Crippen LogP contribution in [0.15, 0.2) is 24.4 Å². The molecule has 0 saturated carbocycles. The van der Waals surface area contributed by atoms with Crippen molar-refractivity contribution in [2.75, 3.05) is 18.0 Å². The molecule has 7 nitrogen and oxygen atoms in total. The number of ether oxygens (including phenoxy) is 1. The van der Waals surface area contributed by atoms with Crippen LogP contribution >= 0.6 is 0 Å². The van der Waals surface area contributed by atoms with Crippen molar-refractivity contribution in [3.05, 3.63) is 35.9 Å². The fraction of sp³-hybridized carbons (Fsp3) is 0.312. The maximum absolute atomic E-state index is 14.4. The van der Waals surface area contributed by atoms with Gasteiger partial charge in [0.25, 0.3) is 0 Å². The molecule has 2 amide bonds. The largest absolute Gasteiger partial charge is 0.442 e. The van der Waals surface area contributed by atoms with Crippen LogP contribution in [0, 0.1) is 12.7 Å². The number of cyclic esters (lactones) is 1. The second kappa shape index (κ2) is 6.31. The Balaban J connectivity index is 1.77. The monoisotopic (exact) mass is 332 g/mol. The molecular weight excluding hydrogens is 315 g/mol. The van der Waals surface area contributed by atoms with Gasteiger partial charge in [0.1, 0.15) is 17.7 Å². The van der Waals surface area contributed by atoms with Gasteiger partial charge in [0.05, 0.1) is 30.0 Å². The Morgan fingerprint density at radius 1 is 1.54 bits per heavy atom. The average molecular weight is 332 g/mol. The zero-order valence-corrected chi connectivity index (χ0v) is 13.3. The Hall–Kier alpha value is -2.90. The van der Waals surface area contributed by atoms with Crippen molar-refractivity contribution in [1.82, 2.24) is 15.3 Å². The van der Waals surface area contributed by atoms with E-state index in [4.69, 9.17) is 4.74 Å². The van der Waals surface area contributed by atoms with Crippen molar-refractivity contribution in [2.24, 2.45) is 0 Å². The molecule has 1 aliphatic heterocycles. The van der Waals surface area contributed by atoms with E-state index < -0.39 is 18.0 Å². The molecule has 1 atom stereocenters. The van der Waals surface area contributed by atoms with Crippen molar-refractivity contribution in [1.29, 1.82) is 0 Å². The van der Waals surface area contributed by atoms with Gasteiger partial charge in [-0.3, -0.25) is 9.69 Å². The number of aromatic amines is 1. The molecule has 1 saturated heterocycles. The maximum atomic E-state index is 14.4. The zero-order chi connectivity index (χ0) is 17.3. The first kappa shape index (κ1) is 16.0. The van der Waals surface area contributed by atoms with Crippen molar-refractivity contribution in [2.45, 2.75) is 20.0 Å². The van der Waals surface area contributed by atoms with E-state index in [-0.39, 0.29) is 19.0 Å². The number of hydrogen-bond acceptors (Lipinski definition) is 4. The van der Waals surface area contributed by atoms with Gasteiger partial charge >= 0.3 is 6.09 Å². The summed E-state index contributed by atoms with van der Waals surface area (Å²) in [5, 5.41) is 2.60. The first-order chi connectivity index (χ1) is 11.4. The van der Waals surface area contributed by atoms with E-state index in [1.54, 1.807) is 18.3 Å². The summed E-state index contributed by atoms with van der Waals surface area (Å²) in [6.45, 7) is 3.67. The number of benzene rings is 1. The molecule has 2 aromatic rings. The summed E-state index contributed by atoms with van der Waals surface area (Å²) >= 11 is 0. The molecule has 2 heterocycles. The Kier molecular flexibility index (Phi) is 4.20. The molecule has 0 spiro atoms. The number of aromatic nitrogens is 2. The Morgan fingerprint density at radius 2 is 2.33 bits per heavy atom. The number of anilines is 1. The molecular formula is C16H17FN4O3. The number of aryl methyl sites for hydroxylation is 1. The van der Waals surface area contributed by atoms with Gasteiger partial charge in [0.15, 0.2) is 0 Å². The van der Waals surface area contributed by atoms with Crippen LogP contribution in [0.5, 0.6) is 0 Å². The number of carbonyl (C=O) groups excluding carboxylic acids is 2. The Morgan fingerprint density at radius 3 is 2.96 bits per heavy atom. The summed E-state index contributed by atoms with van der Waals surface area (Å²) in [4.78, 5) is 31.3. The van der Waals surface area contributed by atoms with Crippen molar-refractivity contribution in [3.8, 4) is 11.4 Å². The molecule has 8 heteroatoms. The van der Waals surface area contributed by atoms with E-state index in [0.29, 0.717) is 17.1 Å². The minimum atomic E-state index is -0.564. The van der Waals surface area contributed by atoms with Gasteiger partial charge in [0.2, 0.25) is 5.91 Å². The molecule has 24 heavy (non-hydrogen) atoms. The number of imidazole rings is 1. The number of halogens is 1. The van der Waals surface area contributed by atoms with Gasteiger partial charge in [-0.2, -0.15) is 0 Å². The standard InChI is InChI=1S/C16H17FN4O3/c1-9-6-19-15(20-9)13-4-3-11(5-14(13)17)21-8-12(24-16(21)23)7-18-10(2)22/h3-6,12H,7-8H2,1-2H3,(H,18,22)(H,19,20)/t12-/m0/s1. The number of nitrogens with one attached hydrogen (secondary N) is 2. The number of hydrogen-bond donors (Lipinski definition) is 2. The lowest BCUT2D eigenvalue weighted by atomic mass is 10.1. The molecule has 1 aromatic carbocycles. The molecule has 126 valence electrons. The summed E-state index contributed by atoms with van der Waals surface area (Å²) in [6.07, 6.45) is 0.663. The molecule has 0 bridgehead atoms. The molecule has 3 rings (SSSR count). The van der Waals surface area contributed by atoms with Crippen LogP contribution in [0.3, 0.4) is 0 Å². The van der Waals surface area contributed by atoms with E-state index >= 15 is 0 Å². The molecule has 0 radical (unpaired) electrons. The van der Waals surface area contributed by atoms with Crippen LogP contribution in [-0.2, 0) is 9.53 Å². The SMILES string of the molecule is CC(=O)NC[C@H]1CN(c2ccc(-c3nc(C)c[nH]3)c(F)c2)C(=O)O1. The summed E-state index contributed by atoms with van der Waals surface area (Å²) in [7, 11) is 0. The number of carbonyl (C=O) groups is 2. The highest BCUT2D eigenvalue weighted by atomic mass is 19.1. The summed E-state index contributed by atoms with van der Waals surface area (Å²) in [5.41, 5.74) is 1.49. The third kappa shape index (κ3) is 3.22. The smallest absolute Gasteiger partial charge is 0.414 e. The lowest BCUT2D eigenvalue weighted by Crippen LogP contribution is -2.33. The van der Waals surface area contributed by atoms with Crippen LogP contribution in [-0.4, -0.2) is 41.2 Å². The van der Waals surface area contributed by atoms with Gasteiger partial charge in [-0.1, -0.05) is 0 Å². The quantitative estimate of drug-likeness (QED) is 0.896. The lowest BCUT2D eigenvalue weighted by molar-refractivity contribution is -0.119. The van der Waals surface area contributed by atoms with E-state index in [1.807, 2.05) is 6.92 Å². The van der Waals surface area contributed by atoms with Gasteiger partial charge in [-0.05, 0) is 25.1 Å². The molecule has 0 aliphatic carbocycles. The summed E-state index contributed by atoms with van der Waals surface area (Å²) in [5.74, 6) is -0.252. The van der Waals surface area contributed by atoms with Crippen molar-refractivity contribution >= 4 is 17.7 Å². The zero-order valence-electron chi connectivity index (χ0n) is 13.3. The fourth-order valence-corrected chi connectivity index (χ4v) is 2.51. The van der Waals surface area contributed by atoms with E-state index in [1.165, 1.54) is 17.9 Å². The highest BCUT2D eigenvalue weighted by Crippen LogP contribution is 2.27. The second-order valence-corrected chi connectivity index (χ2v) is 5.61. The first-order valence-electron chi connectivity index (χ1n) is 7.48. The molecule has 0 unspecified atom stereocenters. The van der Waals surface area contributed by atoms with E-state index in [9.17, 15) is 14.0 Å². The van der Waals surface area contributed by atoms with Crippen molar-refractivity contribution in [3.63, 3.8) is 0 Å². The molecule has 1 fully saturated rings. The maximum Gasteiger partial charge on any atom is 0.414 e. The number of rotatable bonds is 4. The predicted molar refractivity (Wildman–Crippen MR) is 85.0 cm³/mol. The minimum absolute atomic E-state index is 0.200. The molecule has 2 N–H and O–H groups in total. The normalized spacial score (nSPS) is 17.0. The fourth-order valence-electron chi connectivity index (χ4n) is 2.51. The van der Waals surface area contributed by atoms with Crippen LogP contribution < -0.4 is 10.2 Å². The van der Waals surface area contributed by atoms with Crippen LogP contribution in [0.4, 0.5) is 14.9 Å². The van der Waals surface area contributed by atoms with Crippen LogP contribution in [0.25, 0.3) is 11.4 Å². The number of amides is 2. The summed E-state index contributed by atoms with van der Waals surface area (Å²) in [6, 6.07) is 4.48.